The number of amides is 1. The number of rotatable bonds is 8. The van der Waals surface area contributed by atoms with E-state index in [-0.39, 0.29) is 0 Å². The number of para-hydroxylation sites is 1. The minimum absolute atomic E-state index is 0.528. The predicted molar refractivity (Wildman–Crippen MR) is 145 cm³/mol. The van der Waals surface area contributed by atoms with Gasteiger partial charge in [0, 0.05) is 34.5 Å². The highest BCUT2D eigenvalue weighted by molar-refractivity contribution is 6.12. The third kappa shape index (κ3) is 4.96. The van der Waals surface area contributed by atoms with Crippen molar-refractivity contribution < 1.29 is 19.5 Å². The summed E-state index contributed by atoms with van der Waals surface area (Å²) in [6.45, 7) is 0.528. The number of benzene rings is 3. The molecule has 4 N–H and O–H groups in total. The van der Waals surface area contributed by atoms with Crippen LogP contribution in [0.2, 0.25) is 0 Å². The highest BCUT2D eigenvalue weighted by Crippen LogP contribution is 2.37. The first kappa shape index (κ1) is 23.9. The van der Waals surface area contributed by atoms with Crippen LogP contribution in [0.15, 0.2) is 78.9 Å². The van der Waals surface area contributed by atoms with Crippen LogP contribution in [0.25, 0.3) is 39.1 Å². The number of fused-ring (bicyclic) bond motifs is 3. The van der Waals surface area contributed by atoms with Gasteiger partial charge in [-0.25, -0.2) is 10.5 Å². The molecule has 0 saturated heterocycles. The second-order valence-corrected chi connectivity index (χ2v) is 8.43. The molecule has 0 unspecified atom stereocenters. The molecule has 1 amide bonds. The van der Waals surface area contributed by atoms with Crippen LogP contribution in [0.3, 0.4) is 0 Å². The Balaban J connectivity index is 1.53. The lowest BCUT2D eigenvalue weighted by Gasteiger charge is -2.12. The quantitative estimate of drug-likeness (QED) is 0.128. The van der Waals surface area contributed by atoms with Crippen LogP contribution in [0.5, 0.6) is 11.5 Å². The molecule has 0 aliphatic heterocycles. The summed E-state index contributed by atoms with van der Waals surface area (Å²) in [5.74, 6) is 1.42. The van der Waals surface area contributed by atoms with Gasteiger partial charge >= 0.3 is 0 Å². The third-order valence-electron chi connectivity index (χ3n) is 6.12. The maximum atomic E-state index is 11.3. The van der Waals surface area contributed by atoms with Gasteiger partial charge in [0.1, 0.15) is 5.82 Å². The molecule has 2 aromatic heterocycles. The molecule has 3 aromatic carbocycles. The van der Waals surface area contributed by atoms with E-state index in [0.29, 0.717) is 18.0 Å². The van der Waals surface area contributed by atoms with E-state index in [1.807, 2.05) is 60.7 Å². The first-order chi connectivity index (χ1) is 18.1. The number of nitrogens with zero attached hydrogens (tertiary/aromatic N) is 1. The molecular weight excluding hydrogens is 468 g/mol. The largest absolute Gasteiger partial charge is 0.493 e. The lowest BCUT2D eigenvalue weighted by atomic mass is 10.1. The highest BCUT2D eigenvalue weighted by atomic mass is 16.5. The maximum Gasteiger partial charge on any atom is 0.267 e. The smallest absolute Gasteiger partial charge is 0.267 e. The van der Waals surface area contributed by atoms with Crippen molar-refractivity contribution in [3.8, 4) is 22.8 Å². The fourth-order valence-corrected chi connectivity index (χ4v) is 4.34. The van der Waals surface area contributed by atoms with Gasteiger partial charge in [0.15, 0.2) is 11.5 Å². The Bertz CT molecular complexity index is 1620. The fourth-order valence-electron chi connectivity index (χ4n) is 4.34. The summed E-state index contributed by atoms with van der Waals surface area (Å²) in [6, 6.07) is 23.8. The molecule has 0 spiro atoms. The molecule has 2 heterocycles. The van der Waals surface area contributed by atoms with Crippen LogP contribution in [-0.4, -0.2) is 35.3 Å². The van der Waals surface area contributed by atoms with E-state index in [9.17, 15) is 4.79 Å². The number of pyridine rings is 1. The number of carbonyl (C=O) groups is 1. The molecule has 8 heteroatoms. The first-order valence-electron chi connectivity index (χ1n) is 11.7. The number of hydrogen-bond donors (Lipinski definition) is 4. The Morgan fingerprint density at radius 1 is 0.973 bits per heavy atom. The summed E-state index contributed by atoms with van der Waals surface area (Å²) in [4.78, 5) is 19.8. The minimum atomic E-state index is -0.581. The maximum absolute atomic E-state index is 11.3. The molecule has 0 saturated carbocycles. The Morgan fingerprint density at radius 3 is 2.62 bits per heavy atom. The van der Waals surface area contributed by atoms with Crippen LogP contribution >= 0.6 is 0 Å². The van der Waals surface area contributed by atoms with Gasteiger partial charge in [-0.3, -0.25) is 10.0 Å². The molecule has 37 heavy (non-hydrogen) atoms. The SMILES string of the molecule is COc1ccc(-c2nc(NCc3cccc(/C=C/C(=O)NO)c3)cc3c2[nH]c2ccccc23)cc1OC. The molecule has 0 fully saturated rings. The van der Waals surface area contributed by atoms with Crippen molar-refractivity contribution in [2.24, 2.45) is 0 Å². The Hall–Kier alpha value is -4.82. The van der Waals surface area contributed by atoms with Gasteiger partial charge in [-0.15, -0.1) is 0 Å². The van der Waals surface area contributed by atoms with Crippen LogP contribution in [0.4, 0.5) is 5.82 Å². The van der Waals surface area contributed by atoms with Crippen molar-refractivity contribution in [2.75, 3.05) is 19.5 Å². The second-order valence-electron chi connectivity index (χ2n) is 8.43. The van der Waals surface area contributed by atoms with Crippen molar-refractivity contribution in [1.29, 1.82) is 0 Å². The summed E-state index contributed by atoms with van der Waals surface area (Å²) < 4.78 is 11.0. The lowest BCUT2D eigenvalue weighted by Crippen LogP contribution is -2.14. The summed E-state index contributed by atoms with van der Waals surface area (Å²) in [7, 11) is 3.23. The number of methoxy groups -OCH3 is 2. The summed E-state index contributed by atoms with van der Waals surface area (Å²) in [5, 5.41) is 14.3. The molecule has 186 valence electrons. The van der Waals surface area contributed by atoms with Gasteiger partial charge in [-0.1, -0.05) is 36.4 Å². The average Bonchev–Trinajstić information content (AvgIpc) is 3.32. The van der Waals surface area contributed by atoms with Gasteiger partial charge < -0.3 is 19.8 Å². The van der Waals surface area contributed by atoms with Crippen molar-refractivity contribution in [3.63, 3.8) is 0 Å². The normalized spacial score (nSPS) is 11.2. The molecule has 0 aliphatic rings. The van der Waals surface area contributed by atoms with E-state index in [2.05, 4.69) is 22.4 Å². The number of ether oxygens (including phenoxy) is 2. The average molecular weight is 495 g/mol. The zero-order chi connectivity index (χ0) is 25.8. The van der Waals surface area contributed by atoms with Crippen molar-refractivity contribution >= 4 is 39.6 Å². The van der Waals surface area contributed by atoms with Gasteiger partial charge in [0.2, 0.25) is 0 Å². The number of H-pyrrole nitrogens is 1. The van der Waals surface area contributed by atoms with Gasteiger partial charge in [0.05, 0.1) is 25.4 Å². The molecule has 0 aliphatic carbocycles. The van der Waals surface area contributed by atoms with E-state index in [0.717, 1.165) is 50.0 Å². The number of hydroxylamine groups is 1. The van der Waals surface area contributed by atoms with E-state index >= 15 is 0 Å². The molecule has 0 radical (unpaired) electrons. The number of hydrogen-bond acceptors (Lipinski definition) is 6. The highest BCUT2D eigenvalue weighted by Gasteiger charge is 2.15. The van der Waals surface area contributed by atoms with Crippen LogP contribution in [-0.2, 0) is 11.3 Å². The number of carbonyl (C=O) groups excluding carboxylic acids is 1. The van der Waals surface area contributed by atoms with Gasteiger partial charge in [0.25, 0.3) is 5.91 Å². The molecule has 5 rings (SSSR count). The van der Waals surface area contributed by atoms with Gasteiger partial charge in [-0.05, 0) is 53.6 Å². The number of aromatic amines is 1. The van der Waals surface area contributed by atoms with E-state index in [1.165, 1.54) is 6.08 Å². The number of nitrogens with one attached hydrogen (secondary N) is 3. The Kier molecular flexibility index (Phi) is 6.74. The Labute approximate surface area is 213 Å². The van der Waals surface area contributed by atoms with E-state index < -0.39 is 5.91 Å². The molecule has 8 nitrogen and oxygen atoms in total. The van der Waals surface area contributed by atoms with E-state index in [4.69, 9.17) is 19.7 Å². The Morgan fingerprint density at radius 2 is 1.81 bits per heavy atom. The summed E-state index contributed by atoms with van der Waals surface area (Å²) in [5.41, 5.74) is 7.11. The van der Waals surface area contributed by atoms with Crippen molar-refractivity contribution in [3.05, 3.63) is 90.0 Å². The topological polar surface area (TPSA) is 109 Å². The second kappa shape index (κ2) is 10.4. The van der Waals surface area contributed by atoms with Crippen LogP contribution < -0.4 is 20.3 Å². The van der Waals surface area contributed by atoms with E-state index in [1.54, 1.807) is 25.8 Å². The number of aromatic nitrogens is 2. The molecule has 0 bridgehead atoms. The van der Waals surface area contributed by atoms with Gasteiger partial charge in [-0.2, -0.15) is 0 Å². The zero-order valence-electron chi connectivity index (χ0n) is 20.4. The molecular formula is C29H26N4O4. The summed E-state index contributed by atoms with van der Waals surface area (Å²) in [6.07, 6.45) is 2.91. The number of anilines is 1. The zero-order valence-corrected chi connectivity index (χ0v) is 20.4. The summed E-state index contributed by atoms with van der Waals surface area (Å²) >= 11 is 0. The fraction of sp³-hybridized carbons (Fsp3) is 0.103. The predicted octanol–water partition coefficient (Wildman–Crippen LogP) is 5.53. The third-order valence-corrected chi connectivity index (χ3v) is 6.12. The molecule has 0 atom stereocenters. The lowest BCUT2D eigenvalue weighted by molar-refractivity contribution is -0.124. The van der Waals surface area contributed by atoms with Crippen molar-refractivity contribution in [1.82, 2.24) is 15.4 Å². The monoisotopic (exact) mass is 494 g/mol. The minimum Gasteiger partial charge on any atom is -0.493 e. The first-order valence-corrected chi connectivity index (χ1v) is 11.7. The van der Waals surface area contributed by atoms with Crippen LogP contribution in [0, 0.1) is 0 Å². The van der Waals surface area contributed by atoms with Crippen LogP contribution in [0.1, 0.15) is 11.1 Å². The standard InChI is InChI=1S/C29H26N4O4/c1-36-24-12-11-20(15-25(24)37-2)28-29-22(21-8-3-4-9-23(21)31-29)16-26(32-28)30-17-19-7-5-6-18(14-19)10-13-27(34)33-35/h3-16,31,35H,17H2,1-2H3,(H,30,32)(H,33,34)/b13-10+. The van der Waals surface area contributed by atoms with Crippen molar-refractivity contribution in [2.45, 2.75) is 6.54 Å². The molecule has 5 aromatic rings.